The minimum atomic E-state index is -0.230. The number of esters is 1. The number of methoxy groups -OCH3 is 1. The van der Waals surface area contributed by atoms with Gasteiger partial charge in [-0.1, -0.05) is 0 Å². The summed E-state index contributed by atoms with van der Waals surface area (Å²) in [6.07, 6.45) is 0.983. The van der Waals surface area contributed by atoms with Gasteiger partial charge in [0.2, 0.25) is 0 Å². The third-order valence-electron chi connectivity index (χ3n) is 0.871. The van der Waals surface area contributed by atoms with Gasteiger partial charge in [-0.15, -0.1) is 12.4 Å². The predicted molar refractivity (Wildman–Crippen MR) is 38.6 cm³/mol. The molecule has 0 atom stereocenters. The van der Waals surface area contributed by atoms with E-state index in [-0.39, 0.29) is 18.4 Å². The first-order valence-corrected chi connectivity index (χ1v) is 2.69. The molecule has 2 N–H and O–H groups in total. The summed E-state index contributed by atoms with van der Waals surface area (Å²) in [5.74, 6) is 4.47. The van der Waals surface area contributed by atoms with Crippen molar-refractivity contribution >= 4 is 18.4 Å². The zero-order valence-corrected chi connectivity index (χ0v) is 6.65. The first-order chi connectivity index (χ1) is 4.31. The van der Waals surface area contributed by atoms with E-state index in [1.807, 2.05) is 0 Å². The lowest BCUT2D eigenvalue weighted by Gasteiger charge is -1.96. The largest absolute Gasteiger partial charge is 0.469 e. The second-order valence-electron chi connectivity index (χ2n) is 1.55. The van der Waals surface area contributed by atoms with Gasteiger partial charge in [0.1, 0.15) is 0 Å². The van der Waals surface area contributed by atoms with Crippen LogP contribution in [-0.4, -0.2) is 19.7 Å². The van der Waals surface area contributed by atoms with Crippen molar-refractivity contribution in [1.82, 2.24) is 0 Å². The van der Waals surface area contributed by atoms with Gasteiger partial charge in [-0.25, -0.2) is 5.90 Å². The third-order valence-corrected chi connectivity index (χ3v) is 0.871. The van der Waals surface area contributed by atoms with E-state index in [4.69, 9.17) is 5.90 Å². The number of carbonyl (C=O) groups excluding carboxylic acids is 1. The summed E-state index contributed by atoms with van der Waals surface area (Å²) in [5.41, 5.74) is 0. The van der Waals surface area contributed by atoms with Crippen molar-refractivity contribution in [2.75, 3.05) is 13.7 Å². The number of ether oxygens (including phenoxy) is 1. The molecule has 0 saturated carbocycles. The molecule has 0 aromatic carbocycles. The van der Waals surface area contributed by atoms with Crippen LogP contribution in [0.1, 0.15) is 12.8 Å². The van der Waals surface area contributed by atoms with Crippen LogP contribution < -0.4 is 5.90 Å². The molecule has 0 radical (unpaired) electrons. The molecule has 10 heavy (non-hydrogen) atoms. The zero-order chi connectivity index (χ0) is 7.11. The highest BCUT2D eigenvalue weighted by Gasteiger charge is 1.97. The van der Waals surface area contributed by atoms with Crippen molar-refractivity contribution in [2.24, 2.45) is 5.90 Å². The van der Waals surface area contributed by atoms with Gasteiger partial charge < -0.3 is 9.57 Å². The SMILES string of the molecule is COC(=O)CCCON.Cl. The summed E-state index contributed by atoms with van der Waals surface area (Å²) < 4.78 is 4.36. The summed E-state index contributed by atoms with van der Waals surface area (Å²) in [5, 5.41) is 0. The van der Waals surface area contributed by atoms with E-state index in [9.17, 15) is 4.79 Å². The first kappa shape index (κ1) is 12.4. The van der Waals surface area contributed by atoms with Gasteiger partial charge in [-0.3, -0.25) is 4.79 Å². The molecule has 0 aromatic heterocycles. The number of nitrogens with two attached hydrogens (primary N) is 1. The van der Waals surface area contributed by atoms with Gasteiger partial charge >= 0.3 is 5.97 Å². The number of hydrogen-bond donors (Lipinski definition) is 1. The quantitative estimate of drug-likeness (QED) is 0.372. The molecule has 0 saturated heterocycles. The molecule has 0 aromatic rings. The van der Waals surface area contributed by atoms with E-state index >= 15 is 0 Å². The summed E-state index contributed by atoms with van der Waals surface area (Å²) in [6.45, 7) is 0.398. The van der Waals surface area contributed by atoms with Crippen molar-refractivity contribution in [3.8, 4) is 0 Å². The van der Waals surface area contributed by atoms with Crippen LogP contribution >= 0.6 is 12.4 Å². The van der Waals surface area contributed by atoms with Crippen molar-refractivity contribution in [3.05, 3.63) is 0 Å². The number of rotatable bonds is 4. The van der Waals surface area contributed by atoms with E-state index in [1.54, 1.807) is 0 Å². The normalized spacial score (nSPS) is 8.20. The van der Waals surface area contributed by atoms with Crippen LogP contribution in [0.3, 0.4) is 0 Å². The van der Waals surface area contributed by atoms with Crippen LogP contribution in [0, 0.1) is 0 Å². The fourth-order valence-electron chi connectivity index (χ4n) is 0.402. The maximum Gasteiger partial charge on any atom is 0.305 e. The molecule has 0 aliphatic rings. The van der Waals surface area contributed by atoms with Gasteiger partial charge in [-0.05, 0) is 6.42 Å². The Morgan fingerprint density at radius 3 is 2.60 bits per heavy atom. The maximum absolute atomic E-state index is 10.4. The van der Waals surface area contributed by atoms with Crippen molar-refractivity contribution in [3.63, 3.8) is 0 Å². The molecule has 0 fully saturated rings. The third kappa shape index (κ3) is 7.68. The summed E-state index contributed by atoms with van der Waals surface area (Å²) >= 11 is 0. The van der Waals surface area contributed by atoms with E-state index in [0.717, 1.165) is 0 Å². The van der Waals surface area contributed by atoms with Gasteiger partial charge in [0, 0.05) is 6.42 Å². The Hall–Kier alpha value is -0.320. The fourth-order valence-corrected chi connectivity index (χ4v) is 0.402. The lowest BCUT2D eigenvalue weighted by molar-refractivity contribution is -0.141. The van der Waals surface area contributed by atoms with Crippen molar-refractivity contribution in [1.29, 1.82) is 0 Å². The minimum absolute atomic E-state index is 0. The van der Waals surface area contributed by atoms with E-state index in [0.29, 0.717) is 19.4 Å². The molecule has 0 unspecified atom stereocenters. The van der Waals surface area contributed by atoms with Crippen molar-refractivity contribution < 1.29 is 14.4 Å². The topological polar surface area (TPSA) is 61.5 Å². The Bertz CT molecular complexity index is 89.0. The van der Waals surface area contributed by atoms with E-state index in [2.05, 4.69) is 9.57 Å². The van der Waals surface area contributed by atoms with Crippen molar-refractivity contribution in [2.45, 2.75) is 12.8 Å². The molecule has 5 heteroatoms. The second-order valence-corrected chi connectivity index (χ2v) is 1.55. The van der Waals surface area contributed by atoms with Gasteiger partial charge in [-0.2, -0.15) is 0 Å². The zero-order valence-electron chi connectivity index (χ0n) is 5.83. The van der Waals surface area contributed by atoms with Crippen LogP contribution in [0.2, 0.25) is 0 Å². The average molecular weight is 170 g/mol. The molecule has 0 amide bonds. The molecule has 4 nitrogen and oxygen atoms in total. The molecule has 0 aliphatic heterocycles. The number of carbonyl (C=O) groups is 1. The molecule has 0 rings (SSSR count). The molecule has 0 aliphatic carbocycles. The Kier molecular flexibility index (Phi) is 10.7. The minimum Gasteiger partial charge on any atom is -0.469 e. The standard InChI is InChI=1S/C5H11NO3.ClH/c1-8-5(7)3-2-4-9-6;/h2-4,6H2,1H3;1H. The number of halogens is 1. The van der Waals surface area contributed by atoms with Crippen LogP contribution in [-0.2, 0) is 14.4 Å². The van der Waals surface area contributed by atoms with Gasteiger partial charge in [0.25, 0.3) is 0 Å². The molecule has 0 bridgehead atoms. The summed E-state index contributed by atoms with van der Waals surface area (Å²) in [4.78, 5) is 14.6. The summed E-state index contributed by atoms with van der Waals surface area (Å²) in [7, 11) is 1.35. The predicted octanol–water partition coefficient (Wildman–Crippen LogP) is 0.252. The van der Waals surface area contributed by atoms with Crippen LogP contribution in [0.25, 0.3) is 0 Å². The smallest absolute Gasteiger partial charge is 0.305 e. The lowest BCUT2D eigenvalue weighted by atomic mass is 10.3. The highest BCUT2D eigenvalue weighted by Crippen LogP contribution is 1.89. The monoisotopic (exact) mass is 169 g/mol. The Morgan fingerprint density at radius 2 is 2.20 bits per heavy atom. The lowest BCUT2D eigenvalue weighted by Crippen LogP contribution is -2.05. The fraction of sp³-hybridized carbons (Fsp3) is 0.800. The second kappa shape index (κ2) is 8.68. The van der Waals surface area contributed by atoms with E-state index < -0.39 is 0 Å². The number of hydrogen-bond acceptors (Lipinski definition) is 4. The van der Waals surface area contributed by atoms with Crippen LogP contribution in [0.4, 0.5) is 0 Å². The Labute approximate surface area is 66.0 Å². The molecular formula is C5H12ClNO3. The Balaban J connectivity index is 0. The Morgan fingerprint density at radius 1 is 1.60 bits per heavy atom. The summed E-state index contributed by atoms with van der Waals surface area (Å²) in [6, 6.07) is 0. The highest BCUT2D eigenvalue weighted by molar-refractivity contribution is 5.85. The molecular weight excluding hydrogens is 158 g/mol. The average Bonchev–Trinajstić information content (AvgIpc) is 1.89. The molecule has 0 spiro atoms. The van der Waals surface area contributed by atoms with Crippen LogP contribution in [0.15, 0.2) is 0 Å². The highest BCUT2D eigenvalue weighted by atomic mass is 35.5. The van der Waals surface area contributed by atoms with E-state index in [1.165, 1.54) is 7.11 Å². The van der Waals surface area contributed by atoms with Gasteiger partial charge in [0.05, 0.1) is 13.7 Å². The molecule has 62 valence electrons. The maximum atomic E-state index is 10.4. The first-order valence-electron chi connectivity index (χ1n) is 2.69. The van der Waals surface area contributed by atoms with Crippen LogP contribution in [0.5, 0.6) is 0 Å². The van der Waals surface area contributed by atoms with Gasteiger partial charge in [0.15, 0.2) is 0 Å². The molecule has 0 heterocycles.